The molecule has 1 aliphatic carbocycles. The molecule has 3 aromatic rings. The smallest absolute Gasteiger partial charge is 0.148 e. The van der Waals surface area contributed by atoms with Gasteiger partial charge in [-0.15, -0.1) is 10.2 Å². The van der Waals surface area contributed by atoms with Gasteiger partial charge in [-0.2, -0.15) is 5.26 Å². The molecule has 32 heavy (non-hydrogen) atoms. The summed E-state index contributed by atoms with van der Waals surface area (Å²) in [5.41, 5.74) is 11.5. The van der Waals surface area contributed by atoms with Crippen LogP contribution >= 0.6 is 11.3 Å². The highest BCUT2D eigenvalue weighted by atomic mass is 32.1. The summed E-state index contributed by atoms with van der Waals surface area (Å²) in [5.74, 6) is 0.601. The SMILES string of the molecule is CC(C)Oc1ccc(-c2nnc(-c3cccc4c3CCC4N3CC[C@H](N)C3)s2)cc1C#N. The molecule has 2 aliphatic rings. The zero-order valence-electron chi connectivity index (χ0n) is 18.4. The van der Waals surface area contributed by atoms with Crippen molar-refractivity contribution < 1.29 is 4.74 Å². The van der Waals surface area contributed by atoms with E-state index in [1.54, 1.807) is 11.3 Å². The second-order valence-corrected chi connectivity index (χ2v) is 9.85. The van der Waals surface area contributed by atoms with Crippen LogP contribution in [0.1, 0.15) is 49.4 Å². The van der Waals surface area contributed by atoms with Gasteiger partial charge in [-0.3, -0.25) is 4.90 Å². The molecule has 0 bridgehead atoms. The van der Waals surface area contributed by atoms with Gasteiger partial charge in [0.1, 0.15) is 21.8 Å². The molecule has 0 spiro atoms. The van der Waals surface area contributed by atoms with E-state index in [1.165, 1.54) is 16.7 Å². The largest absolute Gasteiger partial charge is 0.490 e. The molecule has 0 amide bonds. The van der Waals surface area contributed by atoms with Crippen molar-refractivity contribution in [2.75, 3.05) is 13.1 Å². The highest BCUT2D eigenvalue weighted by Crippen LogP contribution is 2.43. The topological polar surface area (TPSA) is 88.1 Å². The van der Waals surface area contributed by atoms with Crippen LogP contribution < -0.4 is 10.5 Å². The Morgan fingerprint density at radius 3 is 2.78 bits per heavy atom. The lowest BCUT2D eigenvalue weighted by molar-refractivity contribution is 0.242. The first-order valence-electron chi connectivity index (χ1n) is 11.2. The number of rotatable bonds is 5. The number of fused-ring (bicyclic) bond motifs is 1. The summed E-state index contributed by atoms with van der Waals surface area (Å²) < 4.78 is 5.74. The fourth-order valence-corrected chi connectivity index (χ4v) is 5.76. The van der Waals surface area contributed by atoms with E-state index in [2.05, 4.69) is 39.4 Å². The van der Waals surface area contributed by atoms with Crippen molar-refractivity contribution in [2.24, 2.45) is 5.73 Å². The summed E-state index contributed by atoms with van der Waals surface area (Å²) in [5, 5.41) is 20.3. The number of aromatic nitrogens is 2. The molecule has 0 radical (unpaired) electrons. The first-order valence-corrected chi connectivity index (χ1v) is 12.0. The van der Waals surface area contributed by atoms with Gasteiger partial charge < -0.3 is 10.5 Å². The highest BCUT2D eigenvalue weighted by Gasteiger charge is 2.33. The number of hydrogen-bond acceptors (Lipinski definition) is 7. The minimum atomic E-state index is 0.0152. The first kappa shape index (κ1) is 21.1. The Bertz CT molecular complexity index is 1180. The lowest BCUT2D eigenvalue weighted by Crippen LogP contribution is -2.29. The van der Waals surface area contributed by atoms with E-state index >= 15 is 0 Å². The zero-order valence-corrected chi connectivity index (χ0v) is 19.2. The Morgan fingerprint density at radius 2 is 2.03 bits per heavy atom. The lowest BCUT2D eigenvalue weighted by Gasteiger charge is -2.24. The third kappa shape index (κ3) is 3.90. The van der Waals surface area contributed by atoms with Crippen LogP contribution in [0.2, 0.25) is 0 Å². The van der Waals surface area contributed by atoms with Crippen molar-refractivity contribution in [3.05, 3.63) is 53.1 Å². The molecule has 1 aromatic heterocycles. The maximum absolute atomic E-state index is 9.55. The molecule has 1 fully saturated rings. The second-order valence-electron chi connectivity index (χ2n) is 8.87. The molecule has 7 heteroatoms. The van der Waals surface area contributed by atoms with E-state index in [0.717, 1.165) is 47.9 Å². The first-order chi connectivity index (χ1) is 15.5. The number of nitrogens with two attached hydrogens (primary N) is 1. The van der Waals surface area contributed by atoms with Crippen LogP contribution in [0.15, 0.2) is 36.4 Å². The summed E-state index contributed by atoms with van der Waals surface area (Å²) in [7, 11) is 0. The van der Waals surface area contributed by atoms with Gasteiger partial charge in [-0.05, 0) is 62.4 Å². The van der Waals surface area contributed by atoms with Gasteiger partial charge in [0, 0.05) is 36.3 Å². The Hall–Kier alpha value is -2.79. The fraction of sp³-hybridized carbons (Fsp3) is 0.400. The molecule has 2 heterocycles. The molecule has 2 N–H and O–H groups in total. The monoisotopic (exact) mass is 445 g/mol. The Morgan fingerprint density at radius 1 is 1.19 bits per heavy atom. The molecular weight excluding hydrogens is 418 g/mol. The molecule has 1 saturated heterocycles. The minimum absolute atomic E-state index is 0.0152. The molecule has 1 unspecified atom stereocenters. The third-order valence-corrected chi connectivity index (χ3v) is 7.31. The number of ether oxygens (including phenoxy) is 1. The molecule has 0 saturated carbocycles. The van der Waals surface area contributed by atoms with Crippen molar-refractivity contribution in [1.82, 2.24) is 15.1 Å². The molecule has 2 aromatic carbocycles. The van der Waals surface area contributed by atoms with Gasteiger partial charge >= 0.3 is 0 Å². The average Bonchev–Trinajstić information content (AvgIpc) is 3.52. The van der Waals surface area contributed by atoms with Crippen LogP contribution in [-0.4, -0.2) is 40.3 Å². The highest BCUT2D eigenvalue weighted by molar-refractivity contribution is 7.17. The summed E-state index contributed by atoms with van der Waals surface area (Å²) in [6.45, 7) is 5.96. The van der Waals surface area contributed by atoms with E-state index < -0.39 is 0 Å². The molecule has 1 aliphatic heterocycles. The van der Waals surface area contributed by atoms with Crippen LogP contribution in [-0.2, 0) is 6.42 Å². The van der Waals surface area contributed by atoms with E-state index in [0.29, 0.717) is 23.4 Å². The summed E-state index contributed by atoms with van der Waals surface area (Å²) in [4.78, 5) is 2.54. The second kappa shape index (κ2) is 8.62. The van der Waals surface area contributed by atoms with E-state index in [9.17, 15) is 5.26 Å². The average molecular weight is 446 g/mol. The van der Waals surface area contributed by atoms with Crippen LogP contribution in [0.5, 0.6) is 5.75 Å². The fourth-order valence-electron chi connectivity index (χ4n) is 4.87. The van der Waals surface area contributed by atoms with Crippen LogP contribution in [0.3, 0.4) is 0 Å². The van der Waals surface area contributed by atoms with Crippen molar-refractivity contribution >= 4 is 11.3 Å². The van der Waals surface area contributed by atoms with Gasteiger partial charge in [0.2, 0.25) is 0 Å². The molecule has 5 rings (SSSR count). The Kier molecular flexibility index (Phi) is 5.68. The van der Waals surface area contributed by atoms with Crippen molar-refractivity contribution in [1.29, 1.82) is 5.26 Å². The van der Waals surface area contributed by atoms with E-state index in [-0.39, 0.29) is 6.10 Å². The summed E-state index contributed by atoms with van der Waals surface area (Å²) in [6.07, 6.45) is 3.28. The summed E-state index contributed by atoms with van der Waals surface area (Å²) >= 11 is 1.57. The predicted octanol–water partition coefficient (Wildman–Crippen LogP) is 4.55. The van der Waals surface area contributed by atoms with Crippen LogP contribution in [0, 0.1) is 11.3 Å². The van der Waals surface area contributed by atoms with Gasteiger partial charge in [-0.1, -0.05) is 29.5 Å². The molecule has 6 nitrogen and oxygen atoms in total. The van der Waals surface area contributed by atoms with E-state index in [1.807, 2.05) is 32.0 Å². The number of nitriles is 1. The quantitative estimate of drug-likeness (QED) is 0.620. The van der Waals surface area contributed by atoms with Crippen molar-refractivity contribution in [2.45, 2.75) is 51.3 Å². The predicted molar refractivity (Wildman–Crippen MR) is 126 cm³/mol. The number of nitrogens with zero attached hydrogens (tertiary/aromatic N) is 4. The van der Waals surface area contributed by atoms with Gasteiger partial charge in [0.05, 0.1) is 11.7 Å². The zero-order chi connectivity index (χ0) is 22.2. The molecule has 2 atom stereocenters. The molecular formula is C25H27N5OS. The van der Waals surface area contributed by atoms with E-state index in [4.69, 9.17) is 10.5 Å². The van der Waals surface area contributed by atoms with Gasteiger partial charge in [0.25, 0.3) is 0 Å². The summed E-state index contributed by atoms with van der Waals surface area (Å²) in [6, 6.07) is 15.2. The maximum atomic E-state index is 9.55. The van der Waals surface area contributed by atoms with Crippen molar-refractivity contribution in [3.8, 4) is 33.0 Å². The van der Waals surface area contributed by atoms with Crippen LogP contribution in [0.4, 0.5) is 0 Å². The lowest BCUT2D eigenvalue weighted by atomic mass is 10.0. The Labute approximate surface area is 192 Å². The van der Waals surface area contributed by atoms with Crippen molar-refractivity contribution in [3.63, 3.8) is 0 Å². The molecule has 164 valence electrons. The number of benzene rings is 2. The van der Waals surface area contributed by atoms with Gasteiger partial charge in [0.15, 0.2) is 0 Å². The maximum Gasteiger partial charge on any atom is 0.148 e. The third-order valence-electron chi connectivity index (χ3n) is 6.30. The normalized spacial score (nSPS) is 20.5. The van der Waals surface area contributed by atoms with Crippen LogP contribution in [0.25, 0.3) is 21.1 Å². The number of likely N-dealkylation sites (tertiary alicyclic amines) is 1. The minimum Gasteiger partial charge on any atom is -0.490 e. The van der Waals surface area contributed by atoms with Gasteiger partial charge in [-0.25, -0.2) is 0 Å². The number of hydrogen-bond donors (Lipinski definition) is 1. The Balaban J connectivity index is 1.44. The standard InChI is InChI=1S/C25H27N5OS/c1-15(2)31-23-9-6-16(12-17(23)13-26)24-28-29-25(32-24)21-5-3-4-20-19(21)7-8-22(20)30-11-10-18(27)14-30/h3-6,9,12,15,18,22H,7-8,10-11,14,27H2,1-2H3/t18-,22?/m0/s1.